The van der Waals surface area contributed by atoms with Crippen LogP contribution in [0.2, 0.25) is 5.02 Å². The fourth-order valence-electron chi connectivity index (χ4n) is 1.87. The summed E-state index contributed by atoms with van der Waals surface area (Å²) in [7, 11) is 0. The van der Waals surface area contributed by atoms with Gasteiger partial charge in [0.1, 0.15) is 0 Å². The van der Waals surface area contributed by atoms with Gasteiger partial charge in [0.15, 0.2) is 5.13 Å². The van der Waals surface area contributed by atoms with E-state index in [9.17, 15) is 0 Å². The third-order valence-electron chi connectivity index (χ3n) is 2.89. The van der Waals surface area contributed by atoms with Gasteiger partial charge in [-0.3, -0.25) is 0 Å². The molecule has 0 aliphatic carbocycles. The van der Waals surface area contributed by atoms with Crippen LogP contribution in [-0.4, -0.2) is 4.98 Å². The molecule has 0 bridgehead atoms. The zero-order valence-electron chi connectivity index (χ0n) is 10.4. The molecule has 3 nitrogen and oxygen atoms in total. The molecule has 0 amide bonds. The van der Waals surface area contributed by atoms with Gasteiger partial charge in [-0.05, 0) is 29.8 Å². The fourth-order valence-corrected chi connectivity index (χ4v) is 3.02. The Morgan fingerprint density at radius 2 is 2.00 bits per heavy atom. The molecule has 0 radical (unpaired) electrons. The molecule has 0 aliphatic heterocycles. The number of rotatable bonds is 3. The van der Waals surface area contributed by atoms with E-state index >= 15 is 0 Å². The summed E-state index contributed by atoms with van der Waals surface area (Å²) in [6.07, 6.45) is 0. The van der Waals surface area contributed by atoms with E-state index < -0.39 is 0 Å². The van der Waals surface area contributed by atoms with E-state index in [0.29, 0.717) is 12.1 Å². The number of nitrogens with zero attached hydrogens (tertiary/aromatic N) is 2. The fraction of sp³-hybridized carbons (Fsp3) is 0.0667. The minimum absolute atomic E-state index is 0.667. The Kier molecular flexibility index (Phi) is 3.55. The first-order valence-corrected chi connectivity index (χ1v) is 7.24. The molecule has 0 saturated carbocycles. The van der Waals surface area contributed by atoms with Gasteiger partial charge in [-0.25, -0.2) is 4.98 Å². The third-order valence-corrected chi connectivity index (χ3v) is 4.38. The second kappa shape index (κ2) is 5.49. The molecule has 0 saturated heterocycles. The smallest absolute Gasteiger partial charge is 0.184 e. The molecular formula is C15H10ClN3S. The predicted molar refractivity (Wildman–Crippen MR) is 83.1 cm³/mol. The lowest BCUT2D eigenvalue weighted by molar-refractivity contribution is 1.14. The molecular weight excluding hydrogens is 290 g/mol. The van der Waals surface area contributed by atoms with E-state index in [4.69, 9.17) is 16.9 Å². The molecule has 0 spiro atoms. The van der Waals surface area contributed by atoms with E-state index in [1.807, 2.05) is 42.5 Å². The van der Waals surface area contributed by atoms with Crippen LogP contribution in [0.5, 0.6) is 0 Å². The molecule has 2 aromatic carbocycles. The Balaban J connectivity index is 1.76. The average Bonchev–Trinajstić information content (AvgIpc) is 2.90. The summed E-state index contributed by atoms with van der Waals surface area (Å²) < 4.78 is 0.997. The van der Waals surface area contributed by atoms with E-state index in [2.05, 4.69) is 16.4 Å². The van der Waals surface area contributed by atoms with E-state index in [1.54, 1.807) is 11.3 Å². The van der Waals surface area contributed by atoms with E-state index in [-0.39, 0.29) is 0 Å². The van der Waals surface area contributed by atoms with Gasteiger partial charge in [0.05, 0.1) is 26.9 Å². The molecule has 0 unspecified atom stereocenters. The van der Waals surface area contributed by atoms with Crippen molar-refractivity contribution in [2.45, 2.75) is 6.54 Å². The zero-order chi connectivity index (χ0) is 13.9. The van der Waals surface area contributed by atoms with Crippen LogP contribution in [0, 0.1) is 11.3 Å². The monoisotopic (exact) mass is 299 g/mol. The number of thiazole rings is 1. The van der Waals surface area contributed by atoms with E-state index in [1.165, 1.54) is 0 Å². The molecule has 1 N–H and O–H groups in total. The molecule has 3 rings (SSSR count). The van der Waals surface area contributed by atoms with Crippen LogP contribution in [-0.2, 0) is 6.54 Å². The second-order valence-electron chi connectivity index (χ2n) is 4.27. The molecule has 0 fully saturated rings. The Bertz CT molecular complexity index is 787. The van der Waals surface area contributed by atoms with Gasteiger partial charge in [0.25, 0.3) is 0 Å². The Morgan fingerprint density at radius 1 is 1.20 bits per heavy atom. The summed E-state index contributed by atoms with van der Waals surface area (Å²) in [5.41, 5.74) is 2.68. The molecule has 98 valence electrons. The number of nitriles is 1. The van der Waals surface area contributed by atoms with Gasteiger partial charge in [-0.15, -0.1) is 0 Å². The Labute approximate surface area is 125 Å². The van der Waals surface area contributed by atoms with Gasteiger partial charge >= 0.3 is 0 Å². The minimum Gasteiger partial charge on any atom is -0.357 e. The van der Waals surface area contributed by atoms with E-state index in [0.717, 1.165) is 25.9 Å². The summed E-state index contributed by atoms with van der Waals surface area (Å²) in [6, 6.07) is 15.3. The third kappa shape index (κ3) is 2.60. The van der Waals surface area contributed by atoms with Crippen molar-refractivity contribution in [1.29, 1.82) is 5.26 Å². The maximum atomic E-state index is 8.76. The quantitative estimate of drug-likeness (QED) is 0.778. The summed E-state index contributed by atoms with van der Waals surface area (Å²) in [6.45, 7) is 0.670. The van der Waals surface area contributed by atoms with Crippen LogP contribution in [0.4, 0.5) is 5.13 Å². The summed E-state index contributed by atoms with van der Waals surface area (Å²) in [4.78, 5) is 4.49. The normalized spacial score (nSPS) is 10.4. The Morgan fingerprint density at radius 3 is 2.70 bits per heavy atom. The van der Waals surface area contributed by atoms with Crippen molar-refractivity contribution in [2.75, 3.05) is 5.32 Å². The van der Waals surface area contributed by atoms with Crippen LogP contribution in [0.15, 0.2) is 42.5 Å². The molecule has 0 aliphatic rings. The maximum absolute atomic E-state index is 8.76. The molecule has 0 atom stereocenters. The van der Waals surface area contributed by atoms with Gasteiger partial charge in [0.2, 0.25) is 0 Å². The molecule has 20 heavy (non-hydrogen) atoms. The first-order valence-electron chi connectivity index (χ1n) is 6.04. The number of benzene rings is 2. The second-order valence-corrected chi connectivity index (χ2v) is 5.68. The molecule has 1 heterocycles. The summed E-state index contributed by atoms with van der Waals surface area (Å²) in [5.74, 6) is 0. The van der Waals surface area contributed by atoms with Crippen molar-refractivity contribution < 1.29 is 0 Å². The first kappa shape index (κ1) is 12.9. The van der Waals surface area contributed by atoms with Crippen LogP contribution in [0.1, 0.15) is 11.1 Å². The largest absolute Gasteiger partial charge is 0.357 e. The standard InChI is InChI=1S/C15H10ClN3S/c16-12-2-1-3-13-14(12)20-15(19-13)18-9-11-6-4-10(8-17)5-7-11/h1-7H,9H2,(H,18,19). The van der Waals surface area contributed by atoms with Crippen molar-refractivity contribution >= 4 is 38.3 Å². The predicted octanol–water partition coefficient (Wildman–Crippen LogP) is 4.43. The van der Waals surface area contributed by atoms with Crippen LogP contribution in [0.3, 0.4) is 0 Å². The lowest BCUT2D eigenvalue weighted by Crippen LogP contribution is -1.98. The average molecular weight is 300 g/mol. The lowest BCUT2D eigenvalue weighted by atomic mass is 10.1. The SMILES string of the molecule is N#Cc1ccc(CNc2nc3cccc(Cl)c3s2)cc1. The van der Waals surface area contributed by atoms with Crippen molar-refractivity contribution in [3.8, 4) is 6.07 Å². The van der Waals surface area contributed by atoms with Gasteiger partial charge in [-0.2, -0.15) is 5.26 Å². The number of fused-ring (bicyclic) bond motifs is 1. The number of hydrogen-bond acceptors (Lipinski definition) is 4. The van der Waals surface area contributed by atoms with Crippen LogP contribution < -0.4 is 5.32 Å². The lowest BCUT2D eigenvalue weighted by Gasteiger charge is -2.02. The zero-order valence-corrected chi connectivity index (χ0v) is 12.0. The summed E-state index contributed by atoms with van der Waals surface area (Å²) in [5, 5.41) is 13.6. The highest BCUT2D eigenvalue weighted by Gasteiger charge is 2.06. The maximum Gasteiger partial charge on any atom is 0.184 e. The minimum atomic E-state index is 0.667. The van der Waals surface area contributed by atoms with Gasteiger partial charge in [0, 0.05) is 6.54 Å². The van der Waals surface area contributed by atoms with Crippen LogP contribution in [0.25, 0.3) is 10.2 Å². The highest BCUT2D eigenvalue weighted by Crippen LogP contribution is 2.31. The summed E-state index contributed by atoms with van der Waals surface area (Å²) >= 11 is 7.68. The number of nitrogens with one attached hydrogen (secondary N) is 1. The number of anilines is 1. The first-order chi connectivity index (χ1) is 9.76. The highest BCUT2D eigenvalue weighted by molar-refractivity contribution is 7.22. The highest BCUT2D eigenvalue weighted by atomic mass is 35.5. The van der Waals surface area contributed by atoms with Crippen molar-refractivity contribution in [3.63, 3.8) is 0 Å². The number of hydrogen-bond donors (Lipinski definition) is 1. The van der Waals surface area contributed by atoms with Crippen molar-refractivity contribution in [2.24, 2.45) is 0 Å². The van der Waals surface area contributed by atoms with Crippen molar-refractivity contribution in [3.05, 3.63) is 58.6 Å². The number of aromatic nitrogens is 1. The van der Waals surface area contributed by atoms with Crippen LogP contribution >= 0.6 is 22.9 Å². The Hall–Kier alpha value is -2.09. The number of halogens is 1. The van der Waals surface area contributed by atoms with Gasteiger partial charge in [-0.1, -0.05) is 41.1 Å². The molecule has 3 aromatic rings. The topological polar surface area (TPSA) is 48.7 Å². The molecule has 5 heteroatoms. The molecule has 1 aromatic heterocycles. The van der Waals surface area contributed by atoms with Crippen molar-refractivity contribution in [1.82, 2.24) is 4.98 Å². The van der Waals surface area contributed by atoms with Gasteiger partial charge < -0.3 is 5.32 Å².